The van der Waals surface area contributed by atoms with E-state index in [2.05, 4.69) is 29.7 Å². The Morgan fingerprint density at radius 2 is 2.10 bits per heavy atom. The third-order valence-corrected chi connectivity index (χ3v) is 3.51. The van der Waals surface area contributed by atoms with Gasteiger partial charge in [-0.05, 0) is 30.5 Å². The summed E-state index contributed by atoms with van der Waals surface area (Å²) < 4.78 is 5.74. The van der Waals surface area contributed by atoms with Crippen LogP contribution in [0, 0.1) is 0 Å². The molecule has 1 heterocycles. The van der Waals surface area contributed by atoms with Gasteiger partial charge in [-0.1, -0.05) is 31.2 Å². The van der Waals surface area contributed by atoms with E-state index in [4.69, 9.17) is 4.74 Å². The van der Waals surface area contributed by atoms with E-state index in [0.29, 0.717) is 19.6 Å². The van der Waals surface area contributed by atoms with Crippen molar-refractivity contribution in [3.8, 4) is 0 Å². The van der Waals surface area contributed by atoms with E-state index in [1.807, 2.05) is 12.1 Å². The Morgan fingerprint density at radius 1 is 1.29 bits per heavy atom. The second kappa shape index (κ2) is 9.77. The first kappa shape index (κ1) is 18.0. The lowest BCUT2D eigenvalue weighted by Crippen LogP contribution is -2.33. The topological polar surface area (TPSA) is 50.4 Å². The van der Waals surface area contributed by atoms with Crippen LogP contribution in [0.2, 0.25) is 0 Å². The highest BCUT2D eigenvalue weighted by Crippen LogP contribution is 2.29. The van der Waals surface area contributed by atoms with E-state index in [0.717, 1.165) is 31.5 Å². The maximum Gasteiger partial charge on any atom is 0.223 e. The van der Waals surface area contributed by atoms with Gasteiger partial charge in [-0.25, -0.2) is 0 Å². The molecule has 1 aromatic rings. The molecule has 0 aromatic heterocycles. The van der Waals surface area contributed by atoms with Crippen LogP contribution in [0.3, 0.4) is 0 Å². The molecule has 0 bridgehead atoms. The number of nitrogens with one attached hydrogen (secondary N) is 2. The number of ether oxygens (including phenoxy) is 1. The van der Waals surface area contributed by atoms with Gasteiger partial charge in [-0.2, -0.15) is 0 Å². The molecule has 0 spiro atoms. The molecule has 0 aliphatic carbocycles. The van der Waals surface area contributed by atoms with Crippen molar-refractivity contribution >= 4 is 18.3 Å². The third-order valence-electron chi connectivity index (χ3n) is 3.51. The van der Waals surface area contributed by atoms with Crippen LogP contribution in [0.5, 0.6) is 0 Å². The molecule has 1 atom stereocenters. The van der Waals surface area contributed by atoms with Gasteiger partial charge in [-0.3, -0.25) is 4.79 Å². The Labute approximate surface area is 133 Å². The molecule has 1 aliphatic heterocycles. The smallest absolute Gasteiger partial charge is 0.223 e. The van der Waals surface area contributed by atoms with Crippen molar-refractivity contribution in [3.63, 3.8) is 0 Å². The molecule has 118 valence electrons. The number of fused-ring (bicyclic) bond motifs is 1. The first-order valence-corrected chi connectivity index (χ1v) is 7.48. The number of halogens is 1. The molecule has 0 saturated heterocycles. The van der Waals surface area contributed by atoms with E-state index in [-0.39, 0.29) is 24.4 Å². The normalized spacial score (nSPS) is 16.7. The summed E-state index contributed by atoms with van der Waals surface area (Å²) in [6.07, 6.45) is 2.37. The predicted molar refractivity (Wildman–Crippen MR) is 86.9 cm³/mol. The average Bonchev–Trinajstić information content (AvgIpc) is 2.47. The number of carbonyl (C=O) groups is 1. The highest BCUT2D eigenvalue weighted by molar-refractivity contribution is 5.85. The highest BCUT2D eigenvalue weighted by Gasteiger charge is 2.22. The lowest BCUT2D eigenvalue weighted by molar-refractivity contribution is -0.124. The monoisotopic (exact) mass is 312 g/mol. The first-order chi connectivity index (χ1) is 9.81. The maximum atomic E-state index is 11.9. The fraction of sp³-hybridized carbons (Fsp3) is 0.562. The lowest BCUT2D eigenvalue weighted by atomic mass is 9.96. The minimum atomic E-state index is -0.0939. The number of hydrogen-bond acceptors (Lipinski definition) is 3. The van der Waals surface area contributed by atoms with Crippen molar-refractivity contribution in [2.24, 2.45) is 0 Å². The van der Waals surface area contributed by atoms with Gasteiger partial charge in [0.15, 0.2) is 0 Å². The summed E-state index contributed by atoms with van der Waals surface area (Å²) in [5.74, 6) is 0.0602. The molecular formula is C16H25ClN2O2. The number of benzene rings is 1. The molecule has 1 aliphatic rings. The standard InChI is InChI=1S/C16H24N2O2.ClH/c1-2-8-17-9-10-18-16(19)12-15-14-6-4-3-5-13(14)7-11-20-15;/h3-6,15,17H,2,7-12H2,1H3,(H,18,19);1H. The summed E-state index contributed by atoms with van der Waals surface area (Å²) in [4.78, 5) is 11.9. The number of amides is 1. The van der Waals surface area contributed by atoms with Gasteiger partial charge in [0.05, 0.1) is 19.1 Å². The van der Waals surface area contributed by atoms with Crippen molar-refractivity contribution < 1.29 is 9.53 Å². The van der Waals surface area contributed by atoms with Crippen LogP contribution in [0.1, 0.15) is 37.0 Å². The van der Waals surface area contributed by atoms with Gasteiger partial charge in [0.1, 0.15) is 0 Å². The van der Waals surface area contributed by atoms with E-state index in [1.54, 1.807) is 0 Å². The van der Waals surface area contributed by atoms with Gasteiger partial charge in [0.25, 0.3) is 0 Å². The minimum Gasteiger partial charge on any atom is -0.373 e. The van der Waals surface area contributed by atoms with Gasteiger partial charge in [0.2, 0.25) is 5.91 Å². The zero-order valence-corrected chi connectivity index (χ0v) is 13.4. The van der Waals surface area contributed by atoms with Crippen LogP contribution in [0.25, 0.3) is 0 Å². The zero-order valence-electron chi connectivity index (χ0n) is 12.6. The van der Waals surface area contributed by atoms with Crippen molar-refractivity contribution in [2.75, 3.05) is 26.2 Å². The van der Waals surface area contributed by atoms with Gasteiger partial charge < -0.3 is 15.4 Å². The van der Waals surface area contributed by atoms with Crippen LogP contribution >= 0.6 is 12.4 Å². The number of carbonyl (C=O) groups excluding carboxylic acids is 1. The van der Waals surface area contributed by atoms with Crippen LogP contribution in [0.15, 0.2) is 24.3 Å². The fourth-order valence-electron chi connectivity index (χ4n) is 2.48. The van der Waals surface area contributed by atoms with E-state index < -0.39 is 0 Å². The third kappa shape index (κ3) is 5.65. The number of rotatable bonds is 7. The second-order valence-electron chi connectivity index (χ2n) is 5.11. The van der Waals surface area contributed by atoms with E-state index in [1.165, 1.54) is 5.56 Å². The molecule has 5 heteroatoms. The molecule has 0 saturated carbocycles. The molecule has 21 heavy (non-hydrogen) atoms. The van der Waals surface area contributed by atoms with Crippen molar-refractivity contribution in [1.82, 2.24) is 10.6 Å². The Balaban J connectivity index is 0.00000220. The average molecular weight is 313 g/mol. The van der Waals surface area contributed by atoms with Gasteiger partial charge >= 0.3 is 0 Å². The van der Waals surface area contributed by atoms with Crippen molar-refractivity contribution in [2.45, 2.75) is 32.3 Å². The van der Waals surface area contributed by atoms with Crippen LogP contribution in [-0.2, 0) is 16.0 Å². The largest absolute Gasteiger partial charge is 0.373 e. The minimum absolute atomic E-state index is 0. The van der Waals surface area contributed by atoms with Gasteiger partial charge in [0, 0.05) is 13.1 Å². The summed E-state index contributed by atoms with van der Waals surface area (Å²) in [5.41, 5.74) is 2.47. The molecule has 4 nitrogen and oxygen atoms in total. The molecule has 2 N–H and O–H groups in total. The Kier molecular flexibility index (Phi) is 8.35. The van der Waals surface area contributed by atoms with Crippen molar-refractivity contribution in [1.29, 1.82) is 0 Å². The van der Waals surface area contributed by atoms with Crippen LogP contribution in [0.4, 0.5) is 0 Å². The first-order valence-electron chi connectivity index (χ1n) is 7.48. The molecule has 1 unspecified atom stereocenters. The summed E-state index contributed by atoms with van der Waals surface area (Å²) in [5, 5.41) is 6.20. The molecule has 2 rings (SSSR count). The summed E-state index contributed by atoms with van der Waals surface area (Å²) in [7, 11) is 0. The Morgan fingerprint density at radius 3 is 2.90 bits per heavy atom. The second-order valence-corrected chi connectivity index (χ2v) is 5.11. The molecular weight excluding hydrogens is 288 g/mol. The fourth-order valence-corrected chi connectivity index (χ4v) is 2.48. The summed E-state index contributed by atoms with van der Waals surface area (Å²) >= 11 is 0. The molecule has 0 radical (unpaired) electrons. The van der Waals surface area contributed by atoms with Crippen LogP contribution in [-0.4, -0.2) is 32.1 Å². The lowest BCUT2D eigenvalue weighted by Gasteiger charge is -2.25. The maximum absolute atomic E-state index is 11.9. The molecule has 0 fully saturated rings. The van der Waals surface area contributed by atoms with Crippen LogP contribution < -0.4 is 10.6 Å². The Hall–Kier alpha value is -1.10. The predicted octanol–water partition coefficient (Wildman–Crippen LogP) is 2.23. The highest BCUT2D eigenvalue weighted by atomic mass is 35.5. The quantitative estimate of drug-likeness (QED) is 0.759. The summed E-state index contributed by atoms with van der Waals surface area (Å²) in [6, 6.07) is 8.24. The van der Waals surface area contributed by atoms with E-state index >= 15 is 0 Å². The zero-order chi connectivity index (χ0) is 14.2. The Bertz CT molecular complexity index is 440. The SMILES string of the molecule is CCCNCCNC(=O)CC1OCCc2ccccc21.Cl. The number of hydrogen-bond donors (Lipinski definition) is 2. The van der Waals surface area contributed by atoms with Gasteiger partial charge in [-0.15, -0.1) is 12.4 Å². The van der Waals surface area contributed by atoms with E-state index in [9.17, 15) is 4.79 Å². The van der Waals surface area contributed by atoms with Crippen molar-refractivity contribution in [3.05, 3.63) is 35.4 Å². The molecule has 1 aromatic carbocycles. The summed E-state index contributed by atoms with van der Waals surface area (Å²) in [6.45, 7) is 5.32. The molecule has 1 amide bonds.